The molecule has 1 heterocycles. The molecule has 7 nitrogen and oxygen atoms in total. The van der Waals surface area contributed by atoms with Crippen LogP contribution in [0.3, 0.4) is 0 Å². The van der Waals surface area contributed by atoms with E-state index in [-0.39, 0.29) is 29.7 Å². The van der Waals surface area contributed by atoms with E-state index >= 15 is 0 Å². The smallest absolute Gasteiger partial charge is 0.262 e. The zero-order valence-corrected chi connectivity index (χ0v) is 18.3. The van der Waals surface area contributed by atoms with Crippen LogP contribution in [0.25, 0.3) is 0 Å². The molecule has 1 atom stereocenters. The fourth-order valence-electron chi connectivity index (χ4n) is 3.27. The summed E-state index contributed by atoms with van der Waals surface area (Å²) in [5.41, 5.74) is 2.71. The number of sulfone groups is 1. The molecule has 0 radical (unpaired) electrons. The van der Waals surface area contributed by atoms with Crippen LogP contribution in [0.1, 0.15) is 44.2 Å². The number of benzene rings is 2. The molecule has 0 spiro atoms. The minimum Gasteiger partial charge on any atom is -0.482 e. The third kappa shape index (κ3) is 4.64. The Bertz CT molecular complexity index is 1080. The Balaban J connectivity index is 1.73. The van der Waals surface area contributed by atoms with E-state index in [2.05, 4.69) is 24.5 Å². The van der Waals surface area contributed by atoms with Crippen molar-refractivity contribution in [3.05, 3.63) is 47.5 Å². The third-order valence-electron chi connectivity index (χ3n) is 5.08. The van der Waals surface area contributed by atoms with E-state index in [1.807, 2.05) is 24.3 Å². The molecular formula is C22H26N2O5S. The highest BCUT2D eigenvalue weighted by Crippen LogP contribution is 2.34. The lowest BCUT2D eigenvalue weighted by atomic mass is 10.0. The molecule has 0 bridgehead atoms. The normalized spacial score (nSPS) is 14.5. The lowest BCUT2D eigenvalue weighted by Gasteiger charge is -2.21. The van der Waals surface area contributed by atoms with Crippen molar-refractivity contribution in [2.24, 2.45) is 0 Å². The largest absolute Gasteiger partial charge is 0.482 e. The molecule has 2 aromatic carbocycles. The SMILES string of the molecule is Cc1cc2c(cc1S(=O)(=O)[C@H](C)CC(=O)Nc1ccc(C(C)C)cc1)OCC(=O)N2. The Hall–Kier alpha value is -2.87. The maximum Gasteiger partial charge on any atom is 0.262 e. The van der Waals surface area contributed by atoms with Gasteiger partial charge in [0.2, 0.25) is 5.91 Å². The summed E-state index contributed by atoms with van der Waals surface area (Å²) in [6, 6.07) is 10.5. The number of carbonyl (C=O) groups is 2. The van der Waals surface area contributed by atoms with Crippen LogP contribution < -0.4 is 15.4 Å². The van der Waals surface area contributed by atoms with Gasteiger partial charge in [0.1, 0.15) is 5.75 Å². The molecule has 8 heteroatoms. The van der Waals surface area contributed by atoms with Gasteiger partial charge in [0.05, 0.1) is 15.8 Å². The molecule has 0 aliphatic carbocycles. The monoisotopic (exact) mass is 430 g/mol. The molecule has 0 aromatic heterocycles. The van der Waals surface area contributed by atoms with Gasteiger partial charge in [-0.2, -0.15) is 0 Å². The van der Waals surface area contributed by atoms with Crippen LogP contribution in [0, 0.1) is 6.92 Å². The lowest BCUT2D eigenvalue weighted by Crippen LogP contribution is -2.27. The molecule has 0 saturated carbocycles. The topological polar surface area (TPSA) is 102 Å². The van der Waals surface area contributed by atoms with Gasteiger partial charge in [0.15, 0.2) is 16.4 Å². The maximum atomic E-state index is 13.1. The average molecular weight is 431 g/mol. The average Bonchev–Trinajstić information content (AvgIpc) is 2.67. The predicted octanol–water partition coefficient (Wildman–Crippen LogP) is 3.64. The minimum atomic E-state index is -3.78. The lowest BCUT2D eigenvalue weighted by molar-refractivity contribution is -0.118. The number of rotatable bonds is 6. The van der Waals surface area contributed by atoms with E-state index in [1.54, 1.807) is 13.0 Å². The summed E-state index contributed by atoms with van der Waals surface area (Å²) in [6.45, 7) is 7.17. The third-order valence-corrected chi connectivity index (χ3v) is 7.36. The minimum absolute atomic E-state index is 0.0963. The van der Waals surface area contributed by atoms with Crippen molar-refractivity contribution >= 4 is 33.0 Å². The number of amides is 2. The summed E-state index contributed by atoms with van der Waals surface area (Å²) < 4.78 is 31.5. The van der Waals surface area contributed by atoms with E-state index in [1.165, 1.54) is 13.0 Å². The molecule has 0 unspecified atom stereocenters. The van der Waals surface area contributed by atoms with Crippen molar-refractivity contribution in [2.45, 2.75) is 50.2 Å². The summed E-state index contributed by atoms with van der Waals surface area (Å²) in [4.78, 5) is 24.0. The molecule has 1 aliphatic heterocycles. The molecule has 160 valence electrons. The van der Waals surface area contributed by atoms with Crippen LogP contribution in [0.4, 0.5) is 11.4 Å². The van der Waals surface area contributed by atoms with Crippen molar-refractivity contribution in [3.63, 3.8) is 0 Å². The van der Waals surface area contributed by atoms with Gasteiger partial charge < -0.3 is 15.4 Å². The van der Waals surface area contributed by atoms with Crippen LogP contribution in [-0.2, 0) is 19.4 Å². The maximum absolute atomic E-state index is 13.1. The Morgan fingerprint density at radius 2 is 1.83 bits per heavy atom. The molecule has 2 amide bonds. The Morgan fingerprint density at radius 3 is 2.47 bits per heavy atom. The number of aryl methyl sites for hydroxylation is 1. The van der Waals surface area contributed by atoms with Crippen molar-refractivity contribution in [2.75, 3.05) is 17.2 Å². The summed E-state index contributed by atoms with van der Waals surface area (Å²) in [5.74, 6) is 0.0317. The zero-order chi connectivity index (χ0) is 22.1. The van der Waals surface area contributed by atoms with Crippen LogP contribution in [0.15, 0.2) is 41.3 Å². The quantitative estimate of drug-likeness (QED) is 0.729. The van der Waals surface area contributed by atoms with Gasteiger partial charge in [0, 0.05) is 18.2 Å². The number of ether oxygens (including phenoxy) is 1. The van der Waals surface area contributed by atoms with Gasteiger partial charge in [0.25, 0.3) is 5.91 Å². The van der Waals surface area contributed by atoms with Gasteiger partial charge in [-0.3, -0.25) is 9.59 Å². The number of nitrogens with one attached hydrogen (secondary N) is 2. The standard InChI is InChI=1S/C22H26N2O5S/c1-13(2)16-5-7-17(8-6-16)23-21(25)10-15(4)30(27,28)20-11-19-18(9-14(20)3)24-22(26)12-29-19/h5-9,11,13,15H,10,12H2,1-4H3,(H,23,25)(H,24,26)/t15-/m1/s1. The fraction of sp³-hybridized carbons (Fsp3) is 0.364. The molecule has 1 aliphatic rings. The highest BCUT2D eigenvalue weighted by molar-refractivity contribution is 7.92. The number of carbonyl (C=O) groups excluding carboxylic acids is 2. The highest BCUT2D eigenvalue weighted by Gasteiger charge is 2.29. The summed E-state index contributed by atoms with van der Waals surface area (Å²) >= 11 is 0. The molecule has 2 aromatic rings. The first kappa shape index (κ1) is 21.8. The second-order valence-electron chi connectivity index (χ2n) is 7.84. The van der Waals surface area contributed by atoms with Crippen molar-refractivity contribution in [3.8, 4) is 5.75 Å². The zero-order valence-electron chi connectivity index (χ0n) is 17.5. The summed E-state index contributed by atoms with van der Waals surface area (Å²) in [6.07, 6.45) is -0.178. The first-order valence-corrected chi connectivity index (χ1v) is 11.3. The van der Waals surface area contributed by atoms with Crippen molar-refractivity contribution in [1.82, 2.24) is 0 Å². The highest BCUT2D eigenvalue weighted by atomic mass is 32.2. The van der Waals surface area contributed by atoms with Gasteiger partial charge in [-0.05, 0) is 49.1 Å². The predicted molar refractivity (Wildman–Crippen MR) is 116 cm³/mol. The fourth-order valence-corrected chi connectivity index (χ4v) is 4.86. The van der Waals surface area contributed by atoms with Gasteiger partial charge in [-0.15, -0.1) is 0 Å². The van der Waals surface area contributed by atoms with E-state index in [9.17, 15) is 18.0 Å². The van der Waals surface area contributed by atoms with Crippen LogP contribution in [0.5, 0.6) is 5.75 Å². The molecule has 0 fully saturated rings. The van der Waals surface area contributed by atoms with E-state index in [4.69, 9.17) is 4.74 Å². The molecule has 3 rings (SSSR count). The van der Waals surface area contributed by atoms with Crippen molar-refractivity contribution in [1.29, 1.82) is 0 Å². The number of hydrogen-bond acceptors (Lipinski definition) is 5. The Kier molecular flexibility index (Phi) is 6.17. The van der Waals surface area contributed by atoms with Crippen LogP contribution in [0.2, 0.25) is 0 Å². The first-order chi connectivity index (χ1) is 14.1. The van der Waals surface area contributed by atoms with Gasteiger partial charge in [-0.1, -0.05) is 26.0 Å². The van der Waals surface area contributed by atoms with Crippen LogP contribution in [-0.4, -0.2) is 32.1 Å². The Labute approximate surface area is 176 Å². The van der Waals surface area contributed by atoms with E-state index in [0.29, 0.717) is 28.6 Å². The molecule has 2 N–H and O–H groups in total. The first-order valence-electron chi connectivity index (χ1n) is 9.79. The molecular weight excluding hydrogens is 404 g/mol. The summed E-state index contributed by atoms with van der Waals surface area (Å²) in [7, 11) is -3.78. The van der Waals surface area contributed by atoms with E-state index in [0.717, 1.165) is 5.56 Å². The second kappa shape index (κ2) is 8.47. The van der Waals surface area contributed by atoms with E-state index < -0.39 is 15.1 Å². The molecule has 30 heavy (non-hydrogen) atoms. The van der Waals surface area contributed by atoms with Crippen molar-refractivity contribution < 1.29 is 22.7 Å². The number of fused-ring (bicyclic) bond motifs is 1. The second-order valence-corrected chi connectivity index (χ2v) is 10.2. The Morgan fingerprint density at radius 1 is 1.17 bits per heavy atom. The molecule has 0 saturated heterocycles. The van der Waals surface area contributed by atoms with Gasteiger partial charge >= 0.3 is 0 Å². The summed E-state index contributed by atoms with van der Waals surface area (Å²) in [5, 5.41) is 4.48. The van der Waals surface area contributed by atoms with Crippen LogP contribution >= 0.6 is 0 Å². The van der Waals surface area contributed by atoms with Gasteiger partial charge in [-0.25, -0.2) is 8.42 Å². The number of anilines is 2. The number of hydrogen-bond donors (Lipinski definition) is 2.